The number of nitrogens with one attached hydrogen (secondary N) is 2. The van der Waals surface area contributed by atoms with Crippen LogP contribution in [0.25, 0.3) is 11.0 Å². The van der Waals surface area contributed by atoms with Gasteiger partial charge in [-0.1, -0.05) is 21.9 Å². The van der Waals surface area contributed by atoms with Gasteiger partial charge in [-0.25, -0.2) is 4.98 Å². The first-order valence-electron chi connectivity index (χ1n) is 3.79. The highest BCUT2D eigenvalue weighted by atomic mass is 79.9. The third kappa shape index (κ3) is 1.42. The van der Waals surface area contributed by atoms with E-state index in [4.69, 9.17) is 0 Å². The van der Waals surface area contributed by atoms with Gasteiger partial charge in [0.15, 0.2) is 5.65 Å². The maximum Gasteiger partial charge on any atom is 0.263 e. The lowest BCUT2D eigenvalue weighted by Gasteiger charge is -1.84. The summed E-state index contributed by atoms with van der Waals surface area (Å²) in [7, 11) is 0. The van der Waals surface area contributed by atoms with Crippen molar-refractivity contribution in [2.24, 2.45) is 0 Å². The highest BCUT2D eigenvalue weighted by molar-refractivity contribution is 9.09. The number of rotatable bonds is 0. The van der Waals surface area contributed by atoms with Crippen LogP contribution in [0.4, 0.5) is 0 Å². The molecule has 2 heterocycles. The fourth-order valence-electron chi connectivity index (χ4n) is 1.08. The molecule has 70 valence electrons. The zero-order chi connectivity index (χ0) is 9.97. The van der Waals surface area contributed by atoms with Crippen molar-refractivity contribution in [1.29, 1.82) is 0 Å². The van der Waals surface area contributed by atoms with Crippen molar-refractivity contribution in [2.75, 3.05) is 5.33 Å². The number of alkyl halides is 1. The van der Waals surface area contributed by atoms with Crippen LogP contribution in [-0.4, -0.2) is 25.5 Å². The molecule has 0 aliphatic rings. The van der Waals surface area contributed by atoms with Crippen molar-refractivity contribution >= 4 is 27.0 Å². The molecule has 2 N–H and O–H groups in total. The number of halogens is 1. The predicted molar refractivity (Wildman–Crippen MR) is 55.2 cm³/mol. The number of aromatic nitrogens is 4. The second-order valence-corrected chi connectivity index (χ2v) is 3.03. The summed E-state index contributed by atoms with van der Waals surface area (Å²) in [5.74, 6) is 5.57. The number of hydrogen-bond acceptors (Lipinski definition) is 3. The number of nitrogens with zero attached hydrogens (tertiary/aromatic N) is 2. The Hall–Kier alpha value is -1.61. The Labute approximate surface area is 87.1 Å². The lowest BCUT2D eigenvalue weighted by atomic mass is 10.3. The normalized spacial score (nSPS) is 9.79. The lowest BCUT2D eigenvalue weighted by molar-refractivity contribution is 1.07. The molecule has 0 atom stereocenters. The highest BCUT2D eigenvalue weighted by Crippen LogP contribution is 2.05. The maximum atomic E-state index is 11.4. The molecule has 5 nitrogen and oxygen atoms in total. The Kier molecular flexibility index (Phi) is 2.33. The van der Waals surface area contributed by atoms with E-state index in [1.165, 1.54) is 6.33 Å². The summed E-state index contributed by atoms with van der Waals surface area (Å²) in [5.41, 5.74) is 0.643. The fraction of sp³-hybridized carbons (Fsp3) is 0.125. The van der Waals surface area contributed by atoms with Crippen molar-refractivity contribution in [3.8, 4) is 11.8 Å². The summed E-state index contributed by atoms with van der Waals surface area (Å²) in [5, 5.41) is 7.47. The van der Waals surface area contributed by atoms with Gasteiger partial charge in [0.1, 0.15) is 11.1 Å². The van der Waals surface area contributed by atoms with Gasteiger partial charge >= 0.3 is 0 Å². The van der Waals surface area contributed by atoms with Crippen LogP contribution in [-0.2, 0) is 0 Å². The first-order valence-corrected chi connectivity index (χ1v) is 4.91. The minimum Gasteiger partial charge on any atom is -0.312 e. The second kappa shape index (κ2) is 3.64. The quantitative estimate of drug-likeness (QED) is 0.527. The monoisotopic (exact) mass is 252 g/mol. The van der Waals surface area contributed by atoms with Crippen LogP contribution < -0.4 is 5.56 Å². The van der Waals surface area contributed by atoms with Gasteiger partial charge < -0.3 is 4.98 Å². The average Bonchev–Trinajstić information content (AvgIpc) is 2.59. The molecule has 0 radical (unpaired) electrons. The molecular formula is C8H5BrN4O. The largest absolute Gasteiger partial charge is 0.312 e. The smallest absolute Gasteiger partial charge is 0.263 e. The molecule has 6 heteroatoms. The summed E-state index contributed by atoms with van der Waals surface area (Å²) < 4.78 is 0. The van der Waals surface area contributed by atoms with E-state index in [1.807, 2.05) is 0 Å². The van der Waals surface area contributed by atoms with Crippen LogP contribution in [0.1, 0.15) is 5.69 Å². The summed E-state index contributed by atoms with van der Waals surface area (Å²) >= 11 is 3.17. The molecule has 0 aliphatic carbocycles. The van der Waals surface area contributed by atoms with Crippen molar-refractivity contribution in [3.63, 3.8) is 0 Å². The van der Waals surface area contributed by atoms with E-state index in [0.29, 0.717) is 22.1 Å². The molecule has 0 unspecified atom stereocenters. The predicted octanol–water partition coefficient (Wildman–Crippen LogP) is 0.393. The highest BCUT2D eigenvalue weighted by Gasteiger charge is 2.06. The summed E-state index contributed by atoms with van der Waals surface area (Å²) in [4.78, 5) is 17.8. The zero-order valence-corrected chi connectivity index (χ0v) is 8.55. The molecule has 2 aromatic heterocycles. The first-order chi connectivity index (χ1) is 6.83. The van der Waals surface area contributed by atoms with E-state index >= 15 is 0 Å². The molecule has 0 saturated heterocycles. The van der Waals surface area contributed by atoms with Gasteiger partial charge in [0, 0.05) is 0 Å². The number of aromatic amines is 2. The van der Waals surface area contributed by atoms with Crippen LogP contribution >= 0.6 is 15.9 Å². The van der Waals surface area contributed by atoms with Crippen LogP contribution in [0.5, 0.6) is 0 Å². The van der Waals surface area contributed by atoms with Crippen molar-refractivity contribution in [2.45, 2.75) is 0 Å². The Morgan fingerprint density at radius 3 is 3.21 bits per heavy atom. The molecule has 0 saturated carbocycles. The van der Waals surface area contributed by atoms with E-state index in [2.05, 4.69) is 47.9 Å². The average molecular weight is 253 g/mol. The molecule has 0 fully saturated rings. The minimum absolute atomic E-state index is 0.234. The van der Waals surface area contributed by atoms with Crippen LogP contribution in [0.15, 0.2) is 11.1 Å². The van der Waals surface area contributed by atoms with Crippen molar-refractivity contribution < 1.29 is 0 Å². The van der Waals surface area contributed by atoms with Crippen LogP contribution in [0, 0.1) is 11.8 Å². The second-order valence-electron chi connectivity index (χ2n) is 2.46. The molecule has 0 amide bonds. The first kappa shape index (κ1) is 8.97. The van der Waals surface area contributed by atoms with E-state index < -0.39 is 0 Å². The van der Waals surface area contributed by atoms with E-state index in [9.17, 15) is 4.79 Å². The van der Waals surface area contributed by atoms with Gasteiger partial charge in [0.2, 0.25) is 0 Å². The van der Waals surface area contributed by atoms with Gasteiger partial charge in [0.25, 0.3) is 5.56 Å². The summed E-state index contributed by atoms with van der Waals surface area (Å²) in [6, 6.07) is 0. The number of fused-ring (bicyclic) bond motifs is 1. The number of hydrogen-bond donors (Lipinski definition) is 2. The van der Waals surface area contributed by atoms with E-state index in [1.54, 1.807) is 0 Å². The summed E-state index contributed by atoms with van der Waals surface area (Å²) in [6.07, 6.45) is 1.31. The number of H-pyrrole nitrogens is 2. The maximum absolute atomic E-state index is 11.4. The Balaban J connectivity index is 2.73. The molecule has 2 rings (SSSR count). The summed E-state index contributed by atoms with van der Waals surface area (Å²) in [6.45, 7) is 0. The van der Waals surface area contributed by atoms with E-state index in [-0.39, 0.29) is 5.56 Å². The molecule has 14 heavy (non-hydrogen) atoms. The standard InChI is InChI=1S/C8H5BrN4O/c9-3-1-2-5-6-7(13-12-5)10-4-11-8(6)14/h4H,3H2,(H2,10,11,12,13,14). The van der Waals surface area contributed by atoms with Crippen LogP contribution in [0.2, 0.25) is 0 Å². The third-order valence-electron chi connectivity index (χ3n) is 1.64. The molecule has 0 bridgehead atoms. The Morgan fingerprint density at radius 2 is 2.43 bits per heavy atom. The van der Waals surface area contributed by atoms with Gasteiger partial charge in [-0.05, 0) is 5.92 Å². The van der Waals surface area contributed by atoms with Crippen molar-refractivity contribution in [3.05, 3.63) is 22.4 Å². The molecular weight excluding hydrogens is 248 g/mol. The fourth-order valence-corrected chi connectivity index (χ4v) is 1.22. The van der Waals surface area contributed by atoms with Gasteiger partial charge in [-0.3, -0.25) is 9.89 Å². The Bertz CT molecular complexity index is 574. The Morgan fingerprint density at radius 1 is 1.57 bits per heavy atom. The molecule has 0 aliphatic heterocycles. The van der Waals surface area contributed by atoms with Gasteiger partial charge in [0.05, 0.1) is 11.7 Å². The van der Waals surface area contributed by atoms with Gasteiger partial charge in [-0.2, -0.15) is 5.10 Å². The minimum atomic E-state index is -0.234. The van der Waals surface area contributed by atoms with Crippen LogP contribution in [0.3, 0.4) is 0 Å². The molecule has 0 aromatic carbocycles. The molecule has 0 spiro atoms. The van der Waals surface area contributed by atoms with Gasteiger partial charge in [-0.15, -0.1) is 0 Å². The van der Waals surface area contributed by atoms with Crippen molar-refractivity contribution in [1.82, 2.24) is 20.2 Å². The molecule has 2 aromatic rings. The third-order valence-corrected chi connectivity index (χ3v) is 1.92. The zero-order valence-electron chi connectivity index (χ0n) is 6.97. The SMILES string of the molecule is O=c1[nH]cnc2n[nH]c(C#CCBr)c12. The van der Waals surface area contributed by atoms with E-state index in [0.717, 1.165) is 0 Å². The topological polar surface area (TPSA) is 74.4 Å². The lowest BCUT2D eigenvalue weighted by Crippen LogP contribution is -2.05.